The molecule has 2 heterocycles. The lowest BCUT2D eigenvalue weighted by Gasteiger charge is -2.34. The van der Waals surface area contributed by atoms with Crippen LogP contribution in [0.25, 0.3) is 0 Å². The number of methoxy groups -OCH3 is 1. The van der Waals surface area contributed by atoms with E-state index in [9.17, 15) is 9.59 Å². The Morgan fingerprint density at radius 3 is 2.58 bits per heavy atom. The van der Waals surface area contributed by atoms with Crippen LogP contribution in [0.15, 0.2) is 47.1 Å². The predicted octanol–water partition coefficient (Wildman–Crippen LogP) is 0.656. The zero-order valence-corrected chi connectivity index (χ0v) is 15.0. The van der Waals surface area contributed by atoms with E-state index in [4.69, 9.17) is 9.15 Å². The van der Waals surface area contributed by atoms with Gasteiger partial charge >= 0.3 is 0 Å². The van der Waals surface area contributed by atoms with Crippen molar-refractivity contribution in [1.29, 1.82) is 0 Å². The van der Waals surface area contributed by atoms with Gasteiger partial charge in [0.1, 0.15) is 5.75 Å². The predicted molar refractivity (Wildman–Crippen MR) is 96.4 cm³/mol. The molecule has 2 aromatic rings. The summed E-state index contributed by atoms with van der Waals surface area (Å²) in [6, 6.07) is 10.5. The quantitative estimate of drug-likeness (QED) is 0.823. The number of piperazine rings is 1. The Morgan fingerprint density at radius 2 is 1.92 bits per heavy atom. The van der Waals surface area contributed by atoms with Crippen LogP contribution in [-0.2, 0) is 4.79 Å². The number of quaternary nitrogens is 1. The van der Waals surface area contributed by atoms with Crippen LogP contribution >= 0.6 is 0 Å². The number of ether oxygens (including phenoxy) is 1. The number of benzene rings is 1. The van der Waals surface area contributed by atoms with Crippen molar-refractivity contribution in [2.24, 2.45) is 0 Å². The molecule has 1 aromatic carbocycles. The van der Waals surface area contributed by atoms with Gasteiger partial charge in [-0.15, -0.1) is 0 Å². The van der Waals surface area contributed by atoms with Crippen LogP contribution in [0.5, 0.6) is 5.75 Å². The fraction of sp³-hybridized carbons (Fsp3) is 0.368. The maximum atomic E-state index is 12.6. The zero-order chi connectivity index (χ0) is 18.5. The van der Waals surface area contributed by atoms with Gasteiger partial charge in [-0.3, -0.25) is 9.59 Å². The van der Waals surface area contributed by atoms with Gasteiger partial charge in [0.05, 0.1) is 45.2 Å². The largest absolute Gasteiger partial charge is 0.495 e. The molecule has 1 aliphatic heterocycles. The van der Waals surface area contributed by atoms with Crippen molar-refractivity contribution < 1.29 is 23.6 Å². The molecule has 0 unspecified atom stereocenters. The fourth-order valence-electron chi connectivity index (χ4n) is 3.16. The average Bonchev–Trinajstić information content (AvgIpc) is 3.22. The van der Waals surface area contributed by atoms with Crippen LogP contribution in [0.1, 0.15) is 17.5 Å². The highest BCUT2D eigenvalue weighted by Crippen LogP contribution is 2.22. The van der Waals surface area contributed by atoms with E-state index < -0.39 is 0 Å². The molecule has 0 bridgehead atoms. The SMILES string of the molecule is COc1ccccc1NC(=O)[C@H](C)[NH+]1CCN(C(=O)c2ccco2)CC1. The van der Waals surface area contributed by atoms with E-state index >= 15 is 0 Å². The van der Waals surface area contributed by atoms with E-state index in [1.807, 2.05) is 31.2 Å². The highest BCUT2D eigenvalue weighted by Gasteiger charge is 2.32. The van der Waals surface area contributed by atoms with Crippen molar-refractivity contribution in [2.45, 2.75) is 13.0 Å². The summed E-state index contributed by atoms with van der Waals surface area (Å²) < 4.78 is 10.4. The van der Waals surface area contributed by atoms with Gasteiger partial charge in [0.25, 0.3) is 11.8 Å². The molecule has 0 radical (unpaired) electrons. The molecular weight excluding hydrogens is 334 g/mol. The number of hydrogen-bond donors (Lipinski definition) is 2. The summed E-state index contributed by atoms with van der Waals surface area (Å²) in [4.78, 5) is 27.8. The van der Waals surface area contributed by atoms with Gasteiger partial charge in [-0.05, 0) is 31.2 Å². The van der Waals surface area contributed by atoms with Gasteiger partial charge in [-0.25, -0.2) is 0 Å². The zero-order valence-electron chi connectivity index (χ0n) is 15.0. The number of nitrogens with one attached hydrogen (secondary N) is 2. The molecule has 1 saturated heterocycles. The molecule has 1 aromatic heterocycles. The topological polar surface area (TPSA) is 76.2 Å². The number of carbonyl (C=O) groups is 2. The summed E-state index contributed by atoms with van der Waals surface area (Å²) in [6.45, 7) is 4.53. The van der Waals surface area contributed by atoms with Crippen LogP contribution in [0.4, 0.5) is 5.69 Å². The van der Waals surface area contributed by atoms with Crippen molar-refractivity contribution in [3.8, 4) is 5.75 Å². The van der Waals surface area contributed by atoms with Crippen LogP contribution in [0.2, 0.25) is 0 Å². The second-order valence-electron chi connectivity index (χ2n) is 6.34. The molecule has 0 aliphatic carbocycles. The molecule has 1 fully saturated rings. The molecule has 7 nitrogen and oxygen atoms in total. The second-order valence-corrected chi connectivity index (χ2v) is 6.34. The monoisotopic (exact) mass is 358 g/mol. The van der Waals surface area contributed by atoms with Crippen molar-refractivity contribution in [3.63, 3.8) is 0 Å². The normalized spacial score (nSPS) is 16.2. The van der Waals surface area contributed by atoms with Gasteiger partial charge in [-0.2, -0.15) is 0 Å². The summed E-state index contributed by atoms with van der Waals surface area (Å²) in [5.74, 6) is 0.836. The number of rotatable bonds is 5. The van der Waals surface area contributed by atoms with E-state index in [0.29, 0.717) is 43.4 Å². The van der Waals surface area contributed by atoms with Crippen LogP contribution in [-0.4, -0.2) is 56.0 Å². The van der Waals surface area contributed by atoms with E-state index in [1.165, 1.54) is 6.26 Å². The number of amides is 2. The number of furan rings is 1. The van der Waals surface area contributed by atoms with E-state index in [-0.39, 0.29) is 17.9 Å². The lowest BCUT2D eigenvalue weighted by atomic mass is 10.2. The third-order valence-electron chi connectivity index (χ3n) is 4.80. The lowest BCUT2D eigenvalue weighted by Crippen LogP contribution is -3.19. The molecular formula is C19H24N3O4+. The summed E-state index contributed by atoms with van der Waals surface area (Å²) in [5, 5.41) is 2.93. The minimum absolute atomic E-state index is 0.0599. The third-order valence-corrected chi connectivity index (χ3v) is 4.80. The van der Waals surface area contributed by atoms with Crippen LogP contribution in [0.3, 0.4) is 0 Å². The first-order valence-electron chi connectivity index (χ1n) is 8.71. The average molecular weight is 358 g/mol. The van der Waals surface area contributed by atoms with Gasteiger partial charge in [-0.1, -0.05) is 12.1 Å². The number of hydrogen-bond acceptors (Lipinski definition) is 4. The first kappa shape index (κ1) is 18.0. The minimum Gasteiger partial charge on any atom is -0.495 e. The number of nitrogens with zero attached hydrogens (tertiary/aromatic N) is 1. The molecule has 26 heavy (non-hydrogen) atoms. The molecule has 1 aliphatic rings. The molecule has 2 amide bonds. The minimum atomic E-state index is -0.222. The third kappa shape index (κ3) is 3.88. The van der Waals surface area contributed by atoms with E-state index in [2.05, 4.69) is 5.32 Å². The molecule has 0 spiro atoms. The highest BCUT2D eigenvalue weighted by atomic mass is 16.5. The van der Waals surface area contributed by atoms with E-state index in [0.717, 1.165) is 4.90 Å². The molecule has 7 heteroatoms. The summed E-state index contributed by atoms with van der Waals surface area (Å²) in [6.07, 6.45) is 1.50. The first-order valence-corrected chi connectivity index (χ1v) is 8.71. The number of carbonyl (C=O) groups excluding carboxylic acids is 2. The molecule has 2 N–H and O–H groups in total. The Bertz CT molecular complexity index is 752. The molecule has 1 atom stereocenters. The molecule has 0 saturated carbocycles. The maximum absolute atomic E-state index is 12.6. The van der Waals surface area contributed by atoms with Crippen LogP contribution < -0.4 is 15.0 Å². The van der Waals surface area contributed by atoms with Crippen molar-refractivity contribution in [1.82, 2.24) is 4.90 Å². The fourth-order valence-corrected chi connectivity index (χ4v) is 3.16. The van der Waals surface area contributed by atoms with Gasteiger partial charge in [0.2, 0.25) is 0 Å². The van der Waals surface area contributed by atoms with Crippen LogP contribution in [0, 0.1) is 0 Å². The second kappa shape index (κ2) is 8.05. The van der Waals surface area contributed by atoms with Gasteiger partial charge < -0.3 is 24.3 Å². The highest BCUT2D eigenvalue weighted by molar-refractivity contribution is 5.95. The first-order chi connectivity index (χ1) is 12.6. The summed E-state index contributed by atoms with van der Waals surface area (Å²) in [5.41, 5.74) is 0.665. The Kier molecular flexibility index (Phi) is 5.58. The molecule has 138 valence electrons. The van der Waals surface area contributed by atoms with Crippen molar-refractivity contribution in [3.05, 3.63) is 48.4 Å². The van der Waals surface area contributed by atoms with Crippen molar-refractivity contribution >= 4 is 17.5 Å². The standard InChI is InChI=1S/C19H23N3O4/c1-14(18(23)20-15-6-3-4-7-16(15)25-2)21-9-11-22(12-10-21)19(24)17-8-5-13-26-17/h3-8,13-14H,9-12H2,1-2H3,(H,20,23)/p+1/t14-/m0/s1. The maximum Gasteiger partial charge on any atom is 0.289 e. The van der Waals surface area contributed by atoms with Gasteiger partial charge in [0.15, 0.2) is 11.8 Å². The molecule has 3 rings (SSSR count). The Labute approximate surface area is 152 Å². The Hall–Kier alpha value is -2.80. The Balaban J connectivity index is 1.55. The smallest absolute Gasteiger partial charge is 0.289 e. The van der Waals surface area contributed by atoms with E-state index in [1.54, 1.807) is 24.1 Å². The lowest BCUT2D eigenvalue weighted by molar-refractivity contribution is -0.917. The summed E-state index contributed by atoms with van der Waals surface area (Å²) >= 11 is 0. The van der Waals surface area contributed by atoms with Crippen molar-refractivity contribution in [2.75, 3.05) is 38.6 Å². The summed E-state index contributed by atoms with van der Waals surface area (Å²) in [7, 11) is 1.58. The number of anilines is 1. The Morgan fingerprint density at radius 1 is 1.19 bits per heavy atom. The number of para-hydroxylation sites is 2. The van der Waals surface area contributed by atoms with Gasteiger partial charge in [0, 0.05) is 0 Å².